The molecule has 5 aromatic rings. The summed E-state index contributed by atoms with van der Waals surface area (Å²) in [6.45, 7) is 2.06. The van der Waals surface area contributed by atoms with Gasteiger partial charge >= 0.3 is 0 Å². The molecule has 0 saturated carbocycles. The van der Waals surface area contributed by atoms with E-state index in [0.717, 1.165) is 27.2 Å². The zero-order valence-electron chi connectivity index (χ0n) is 17.4. The summed E-state index contributed by atoms with van der Waals surface area (Å²) in [6.07, 6.45) is 0. The molecule has 0 aliphatic rings. The third-order valence-corrected chi connectivity index (χ3v) is 6.07. The van der Waals surface area contributed by atoms with Crippen LogP contribution in [0, 0.1) is 6.92 Å². The summed E-state index contributed by atoms with van der Waals surface area (Å²) in [4.78, 5) is 20.3. The quantitative estimate of drug-likeness (QED) is 0.314. The Hall–Kier alpha value is -3.96. The number of ether oxygens (including phenoxy) is 1. The number of carbonyl (C=O) groups excluding carboxylic acids is 1. The van der Waals surface area contributed by atoms with Gasteiger partial charge in [0.1, 0.15) is 11.5 Å². The number of thiophene rings is 1. The Kier molecular flexibility index (Phi) is 5.40. The van der Waals surface area contributed by atoms with Gasteiger partial charge in [-0.2, -0.15) is 0 Å². The molecule has 4 nitrogen and oxygen atoms in total. The SMILES string of the molecule is Cc1ccc(-c2cc(C(=O)Nc3ccc(Oc4ccccc4)cc3)c3ccccc3n2)s1. The normalized spacial score (nSPS) is 10.8. The highest BCUT2D eigenvalue weighted by Crippen LogP contribution is 2.30. The fourth-order valence-corrected chi connectivity index (χ4v) is 4.32. The van der Waals surface area contributed by atoms with Crippen molar-refractivity contribution in [2.75, 3.05) is 5.32 Å². The summed E-state index contributed by atoms with van der Waals surface area (Å²) >= 11 is 1.67. The van der Waals surface area contributed by atoms with Gasteiger partial charge in [-0.25, -0.2) is 4.98 Å². The summed E-state index contributed by atoms with van der Waals surface area (Å²) in [5.41, 5.74) is 2.90. The lowest BCUT2D eigenvalue weighted by molar-refractivity contribution is 0.102. The molecule has 0 aliphatic heterocycles. The van der Waals surface area contributed by atoms with Crippen molar-refractivity contribution in [2.24, 2.45) is 0 Å². The summed E-state index contributed by atoms with van der Waals surface area (Å²) < 4.78 is 5.83. The molecule has 0 bridgehead atoms. The van der Waals surface area contributed by atoms with Gasteiger partial charge in [-0.3, -0.25) is 4.79 Å². The van der Waals surface area contributed by atoms with Crippen molar-refractivity contribution in [3.8, 4) is 22.1 Å². The number of benzene rings is 3. The van der Waals surface area contributed by atoms with Gasteiger partial charge in [0.25, 0.3) is 5.91 Å². The van der Waals surface area contributed by atoms with Crippen LogP contribution in [0.5, 0.6) is 11.5 Å². The molecule has 32 heavy (non-hydrogen) atoms. The first-order chi connectivity index (χ1) is 15.7. The van der Waals surface area contributed by atoms with E-state index >= 15 is 0 Å². The van der Waals surface area contributed by atoms with E-state index < -0.39 is 0 Å². The maximum Gasteiger partial charge on any atom is 0.256 e. The lowest BCUT2D eigenvalue weighted by atomic mass is 10.1. The van der Waals surface area contributed by atoms with Crippen molar-refractivity contribution >= 4 is 33.8 Å². The van der Waals surface area contributed by atoms with Crippen LogP contribution in [0.15, 0.2) is 97.1 Å². The predicted octanol–water partition coefficient (Wildman–Crippen LogP) is 7.32. The van der Waals surface area contributed by atoms with Crippen molar-refractivity contribution in [2.45, 2.75) is 6.92 Å². The number of para-hydroxylation sites is 2. The molecule has 3 aromatic carbocycles. The Morgan fingerprint density at radius 1 is 0.844 bits per heavy atom. The van der Waals surface area contributed by atoms with Crippen molar-refractivity contribution in [3.63, 3.8) is 0 Å². The van der Waals surface area contributed by atoms with Crippen LogP contribution >= 0.6 is 11.3 Å². The molecule has 156 valence electrons. The average molecular weight is 437 g/mol. The number of nitrogens with one attached hydrogen (secondary N) is 1. The number of fused-ring (bicyclic) bond motifs is 1. The van der Waals surface area contributed by atoms with Crippen molar-refractivity contribution in [1.29, 1.82) is 0 Å². The third kappa shape index (κ3) is 4.24. The molecule has 0 saturated heterocycles. The molecule has 0 atom stereocenters. The Balaban J connectivity index is 1.42. The molecule has 2 aromatic heterocycles. The van der Waals surface area contributed by atoms with Crippen LogP contribution in [-0.2, 0) is 0 Å². The molecule has 5 heteroatoms. The van der Waals surface area contributed by atoms with Gasteiger partial charge in [0.05, 0.1) is 21.7 Å². The zero-order valence-corrected chi connectivity index (χ0v) is 18.2. The lowest BCUT2D eigenvalue weighted by Crippen LogP contribution is -2.13. The zero-order chi connectivity index (χ0) is 21.9. The summed E-state index contributed by atoms with van der Waals surface area (Å²) in [6, 6.07) is 30.7. The van der Waals surface area contributed by atoms with Gasteiger partial charge in [-0.15, -0.1) is 11.3 Å². The second-order valence-corrected chi connectivity index (χ2v) is 8.66. The van der Waals surface area contributed by atoms with Gasteiger partial charge in [0.2, 0.25) is 0 Å². The second-order valence-electron chi connectivity index (χ2n) is 7.38. The van der Waals surface area contributed by atoms with E-state index in [0.29, 0.717) is 17.0 Å². The van der Waals surface area contributed by atoms with Crippen LogP contribution < -0.4 is 10.1 Å². The number of rotatable bonds is 5. The number of hydrogen-bond donors (Lipinski definition) is 1. The molecule has 1 N–H and O–H groups in total. The first-order valence-electron chi connectivity index (χ1n) is 10.3. The van der Waals surface area contributed by atoms with Gasteiger partial charge in [0, 0.05) is 16.0 Å². The minimum Gasteiger partial charge on any atom is -0.457 e. The Morgan fingerprint density at radius 3 is 2.31 bits per heavy atom. The standard InChI is InChI=1S/C27H20N2O2S/c1-18-11-16-26(32-18)25-17-23(22-9-5-6-10-24(22)29-25)27(30)28-19-12-14-21(15-13-19)31-20-7-3-2-4-8-20/h2-17H,1H3,(H,28,30). The van der Waals surface area contributed by atoms with Crippen molar-refractivity contribution < 1.29 is 9.53 Å². The highest BCUT2D eigenvalue weighted by atomic mass is 32.1. The molecule has 0 aliphatic carbocycles. The monoisotopic (exact) mass is 436 g/mol. The van der Waals surface area contributed by atoms with Crippen LogP contribution in [0.25, 0.3) is 21.5 Å². The molecule has 0 radical (unpaired) electrons. The predicted molar refractivity (Wildman–Crippen MR) is 131 cm³/mol. The Morgan fingerprint density at radius 2 is 1.56 bits per heavy atom. The highest BCUT2D eigenvalue weighted by molar-refractivity contribution is 7.15. The molecule has 2 heterocycles. The van der Waals surface area contributed by atoms with Crippen LogP contribution in [-0.4, -0.2) is 10.9 Å². The van der Waals surface area contributed by atoms with E-state index in [-0.39, 0.29) is 5.91 Å². The van der Waals surface area contributed by atoms with Crippen LogP contribution in [0.2, 0.25) is 0 Å². The minimum absolute atomic E-state index is 0.171. The van der Waals surface area contributed by atoms with E-state index in [1.54, 1.807) is 11.3 Å². The Bertz CT molecular complexity index is 1390. The van der Waals surface area contributed by atoms with E-state index in [1.807, 2.05) is 91.0 Å². The number of hydrogen-bond acceptors (Lipinski definition) is 4. The Labute approximate surface area is 190 Å². The summed E-state index contributed by atoms with van der Waals surface area (Å²) in [5, 5.41) is 3.83. The molecular formula is C27H20N2O2S. The number of aromatic nitrogens is 1. The lowest BCUT2D eigenvalue weighted by Gasteiger charge is -2.11. The van der Waals surface area contributed by atoms with Crippen LogP contribution in [0.4, 0.5) is 5.69 Å². The maximum absolute atomic E-state index is 13.2. The average Bonchev–Trinajstić information content (AvgIpc) is 3.26. The first kappa shape index (κ1) is 20.0. The smallest absolute Gasteiger partial charge is 0.256 e. The van der Waals surface area contributed by atoms with E-state index in [4.69, 9.17) is 9.72 Å². The maximum atomic E-state index is 13.2. The minimum atomic E-state index is -0.171. The van der Waals surface area contributed by atoms with E-state index in [2.05, 4.69) is 18.3 Å². The molecule has 0 fully saturated rings. The van der Waals surface area contributed by atoms with Crippen molar-refractivity contribution in [3.05, 3.63) is 108 Å². The van der Waals surface area contributed by atoms with Gasteiger partial charge in [-0.05, 0) is 67.6 Å². The van der Waals surface area contributed by atoms with Crippen LogP contribution in [0.3, 0.4) is 0 Å². The molecular weight excluding hydrogens is 416 g/mol. The summed E-state index contributed by atoms with van der Waals surface area (Å²) in [7, 11) is 0. The molecule has 0 unspecified atom stereocenters. The third-order valence-electron chi connectivity index (χ3n) is 5.04. The molecule has 0 spiro atoms. The topological polar surface area (TPSA) is 51.2 Å². The number of carbonyl (C=O) groups is 1. The highest BCUT2D eigenvalue weighted by Gasteiger charge is 2.15. The fourth-order valence-electron chi connectivity index (χ4n) is 3.49. The second kappa shape index (κ2) is 8.65. The first-order valence-corrected chi connectivity index (χ1v) is 11.1. The fraction of sp³-hybridized carbons (Fsp3) is 0.0370. The molecule has 5 rings (SSSR count). The number of anilines is 1. The van der Waals surface area contributed by atoms with E-state index in [1.165, 1.54) is 4.88 Å². The summed E-state index contributed by atoms with van der Waals surface area (Å²) in [5.74, 6) is 1.30. The number of pyridine rings is 1. The van der Waals surface area contributed by atoms with E-state index in [9.17, 15) is 4.79 Å². The van der Waals surface area contributed by atoms with Gasteiger partial charge in [-0.1, -0.05) is 36.4 Å². The van der Waals surface area contributed by atoms with Gasteiger partial charge < -0.3 is 10.1 Å². The van der Waals surface area contributed by atoms with Crippen molar-refractivity contribution in [1.82, 2.24) is 4.98 Å². The number of nitrogens with zero attached hydrogens (tertiary/aromatic N) is 1. The largest absolute Gasteiger partial charge is 0.457 e. The number of amides is 1. The van der Waals surface area contributed by atoms with Gasteiger partial charge in [0.15, 0.2) is 0 Å². The van der Waals surface area contributed by atoms with Crippen LogP contribution in [0.1, 0.15) is 15.2 Å². The molecule has 1 amide bonds. The number of aryl methyl sites for hydroxylation is 1.